The molecule has 7 aromatic carbocycles. The van der Waals surface area contributed by atoms with Crippen molar-refractivity contribution in [3.63, 3.8) is 0 Å². The molecule has 0 amide bonds. The normalized spacial score (nSPS) is 13.1. The van der Waals surface area contributed by atoms with E-state index in [1.807, 2.05) is 127 Å². The van der Waals surface area contributed by atoms with Crippen LogP contribution in [0.4, 0.5) is 38.9 Å². The molecule has 1 fully saturated rings. The third kappa shape index (κ3) is 8.88. The van der Waals surface area contributed by atoms with E-state index in [1.165, 1.54) is 18.9 Å². The fourth-order valence-corrected chi connectivity index (χ4v) is 8.22. The largest absolute Gasteiger partial charge is 0.519 e. The monoisotopic (exact) mass is 794 g/mol. The first-order chi connectivity index (χ1) is 29.4. The molecular weight excluding hydrogens is 749 g/mol. The van der Waals surface area contributed by atoms with Gasteiger partial charge in [-0.2, -0.15) is 0 Å². The van der Waals surface area contributed by atoms with E-state index in [1.54, 1.807) is 13.2 Å². The molecule has 300 valence electrons. The first kappa shape index (κ1) is 39.5. The predicted octanol–water partition coefficient (Wildman–Crippen LogP) is 13.4. The Hall–Kier alpha value is -7.32. The lowest BCUT2D eigenvalue weighted by molar-refractivity contribution is -0.131. The van der Waals surface area contributed by atoms with Gasteiger partial charge in [-0.15, -0.1) is 0 Å². The van der Waals surface area contributed by atoms with Gasteiger partial charge in [-0.05, 0) is 115 Å². The van der Waals surface area contributed by atoms with Crippen LogP contribution in [0.3, 0.4) is 0 Å². The second-order valence-corrected chi connectivity index (χ2v) is 14.8. The minimum absolute atomic E-state index is 0.189. The lowest BCUT2D eigenvalue weighted by Gasteiger charge is -2.38. The molecule has 8 rings (SSSR count). The van der Waals surface area contributed by atoms with E-state index in [0.29, 0.717) is 17.2 Å². The molecule has 0 unspecified atom stereocenters. The SMILES string of the molecule is COc1cccc(N(c2ccccc2)c2cccc(N(c3ccccc3)c3cccc(OC(=O)Oc4ccc(C5(c6ccc(OC(C)=O)cc6)CCCCC5)cc4)c3)c2)c1. The number of para-hydroxylation sites is 2. The van der Waals surface area contributed by atoms with E-state index < -0.39 is 6.16 Å². The number of esters is 1. The molecular formula is C52H46N2O6. The predicted molar refractivity (Wildman–Crippen MR) is 237 cm³/mol. The fraction of sp³-hybridized carbons (Fsp3) is 0.154. The van der Waals surface area contributed by atoms with Crippen molar-refractivity contribution in [2.45, 2.75) is 44.4 Å². The first-order valence-electron chi connectivity index (χ1n) is 20.2. The number of benzene rings is 7. The second-order valence-electron chi connectivity index (χ2n) is 14.8. The zero-order valence-electron chi connectivity index (χ0n) is 33.7. The fourth-order valence-electron chi connectivity index (χ4n) is 8.22. The van der Waals surface area contributed by atoms with Gasteiger partial charge in [0.25, 0.3) is 0 Å². The maximum absolute atomic E-state index is 13.3. The summed E-state index contributed by atoms with van der Waals surface area (Å²) in [6, 6.07) is 59.6. The average molecular weight is 795 g/mol. The summed E-state index contributed by atoms with van der Waals surface area (Å²) in [7, 11) is 1.67. The molecule has 8 heteroatoms. The number of nitrogens with zero attached hydrogens (tertiary/aromatic N) is 2. The van der Waals surface area contributed by atoms with E-state index in [9.17, 15) is 9.59 Å². The molecule has 1 saturated carbocycles. The van der Waals surface area contributed by atoms with Gasteiger partial charge in [0.15, 0.2) is 0 Å². The Morgan fingerprint density at radius 2 is 0.850 bits per heavy atom. The van der Waals surface area contributed by atoms with Crippen molar-refractivity contribution < 1.29 is 28.5 Å². The van der Waals surface area contributed by atoms with Crippen LogP contribution in [0.25, 0.3) is 0 Å². The highest BCUT2D eigenvalue weighted by molar-refractivity contribution is 5.83. The van der Waals surface area contributed by atoms with Crippen LogP contribution >= 0.6 is 0 Å². The summed E-state index contributed by atoms with van der Waals surface area (Å²) < 4.78 is 22.4. The quantitative estimate of drug-likeness (QED) is 0.0687. The zero-order chi connectivity index (χ0) is 41.3. The topological polar surface area (TPSA) is 77.5 Å². The Morgan fingerprint density at radius 1 is 0.433 bits per heavy atom. The van der Waals surface area contributed by atoms with Crippen LogP contribution in [-0.2, 0) is 10.2 Å². The maximum atomic E-state index is 13.3. The van der Waals surface area contributed by atoms with Gasteiger partial charge in [0.05, 0.1) is 7.11 Å². The Labute approximate surface area is 351 Å². The molecule has 0 atom stereocenters. The zero-order valence-corrected chi connectivity index (χ0v) is 33.7. The van der Waals surface area contributed by atoms with Crippen molar-refractivity contribution in [1.82, 2.24) is 0 Å². The molecule has 8 nitrogen and oxygen atoms in total. The Bertz CT molecular complexity index is 2540. The van der Waals surface area contributed by atoms with Crippen LogP contribution in [0.15, 0.2) is 182 Å². The molecule has 0 aromatic heterocycles. The summed E-state index contributed by atoms with van der Waals surface area (Å²) in [5.74, 6) is 1.67. The molecule has 0 heterocycles. The summed E-state index contributed by atoms with van der Waals surface area (Å²) in [6.45, 7) is 1.40. The van der Waals surface area contributed by atoms with E-state index >= 15 is 0 Å². The lowest BCUT2D eigenvalue weighted by atomic mass is 9.65. The third-order valence-corrected chi connectivity index (χ3v) is 10.9. The number of hydrogen-bond donors (Lipinski definition) is 0. The minimum atomic E-state index is -0.835. The maximum Gasteiger partial charge on any atom is 0.519 e. The minimum Gasteiger partial charge on any atom is -0.497 e. The van der Waals surface area contributed by atoms with Gasteiger partial charge < -0.3 is 28.7 Å². The van der Waals surface area contributed by atoms with Crippen LogP contribution in [0.1, 0.15) is 50.2 Å². The van der Waals surface area contributed by atoms with Crippen molar-refractivity contribution in [1.29, 1.82) is 0 Å². The highest BCUT2D eigenvalue weighted by Crippen LogP contribution is 2.46. The van der Waals surface area contributed by atoms with Crippen molar-refractivity contribution in [3.8, 4) is 23.0 Å². The molecule has 0 bridgehead atoms. The Morgan fingerprint density at radius 3 is 1.35 bits per heavy atom. The second kappa shape index (κ2) is 18.1. The van der Waals surface area contributed by atoms with Crippen LogP contribution in [0.5, 0.6) is 23.0 Å². The highest BCUT2D eigenvalue weighted by Gasteiger charge is 2.36. The number of carbonyl (C=O) groups is 2. The highest BCUT2D eigenvalue weighted by atomic mass is 16.7. The number of anilines is 6. The van der Waals surface area contributed by atoms with Gasteiger partial charge in [0.1, 0.15) is 23.0 Å². The number of hydrogen-bond acceptors (Lipinski definition) is 8. The Balaban J connectivity index is 1.04. The number of rotatable bonds is 12. The van der Waals surface area contributed by atoms with Gasteiger partial charge in [0, 0.05) is 58.6 Å². The van der Waals surface area contributed by atoms with Crippen LogP contribution in [0, 0.1) is 0 Å². The summed E-state index contributed by atoms with van der Waals surface area (Å²) in [4.78, 5) is 29.1. The van der Waals surface area contributed by atoms with Gasteiger partial charge in [-0.25, -0.2) is 4.79 Å². The lowest BCUT2D eigenvalue weighted by Crippen LogP contribution is -2.30. The summed E-state index contributed by atoms with van der Waals surface area (Å²) >= 11 is 0. The van der Waals surface area contributed by atoms with Crippen molar-refractivity contribution in [2.24, 2.45) is 0 Å². The molecule has 0 N–H and O–H groups in total. The van der Waals surface area contributed by atoms with E-state index in [4.69, 9.17) is 18.9 Å². The van der Waals surface area contributed by atoms with Crippen LogP contribution < -0.4 is 28.7 Å². The molecule has 0 saturated heterocycles. The molecule has 7 aromatic rings. The van der Waals surface area contributed by atoms with Crippen molar-refractivity contribution in [2.75, 3.05) is 16.9 Å². The van der Waals surface area contributed by atoms with Gasteiger partial charge in [-0.3, -0.25) is 4.79 Å². The third-order valence-electron chi connectivity index (χ3n) is 10.9. The van der Waals surface area contributed by atoms with Crippen molar-refractivity contribution in [3.05, 3.63) is 193 Å². The van der Waals surface area contributed by atoms with Gasteiger partial charge >= 0.3 is 12.1 Å². The van der Waals surface area contributed by atoms with Gasteiger partial charge in [0.2, 0.25) is 0 Å². The Kier molecular flexibility index (Phi) is 11.9. The molecule has 60 heavy (non-hydrogen) atoms. The van der Waals surface area contributed by atoms with E-state index in [2.05, 4.69) is 58.3 Å². The summed E-state index contributed by atoms with van der Waals surface area (Å²) in [5, 5.41) is 0. The van der Waals surface area contributed by atoms with Crippen LogP contribution in [0.2, 0.25) is 0 Å². The summed E-state index contributed by atoms with van der Waals surface area (Å²) in [6.07, 6.45) is 4.56. The molecule has 0 radical (unpaired) electrons. The van der Waals surface area contributed by atoms with E-state index in [0.717, 1.165) is 71.1 Å². The number of methoxy groups -OCH3 is 1. The number of carbonyl (C=O) groups excluding carboxylic acids is 2. The number of ether oxygens (including phenoxy) is 4. The molecule has 1 aliphatic carbocycles. The molecule has 1 aliphatic rings. The average Bonchev–Trinajstić information content (AvgIpc) is 3.28. The van der Waals surface area contributed by atoms with E-state index in [-0.39, 0.29) is 11.4 Å². The standard InChI is InChI=1S/C52H46N2O6/c1-38(55)58-47-29-25-39(26-30-47)52(33-10-5-11-34-52)40-27-31-48(32-28-40)59-51(56)60-50-24-14-22-46(37-50)54(42-17-8-4-9-18-42)44-20-12-19-43(35-44)53(41-15-6-3-7-16-41)45-21-13-23-49(36-45)57-2/h3-4,6-9,12-32,35-37H,5,10-11,33-34H2,1-2H3. The molecule has 0 spiro atoms. The van der Waals surface area contributed by atoms with Crippen LogP contribution in [-0.4, -0.2) is 19.2 Å². The van der Waals surface area contributed by atoms with Gasteiger partial charge in [-0.1, -0.05) is 98.1 Å². The molecule has 0 aliphatic heterocycles. The first-order valence-corrected chi connectivity index (χ1v) is 20.2. The summed E-state index contributed by atoms with van der Waals surface area (Å²) in [5.41, 5.74) is 7.65. The smallest absolute Gasteiger partial charge is 0.497 e. The van der Waals surface area contributed by atoms with Crippen molar-refractivity contribution >= 4 is 46.2 Å².